The fraction of sp³-hybridized carbons (Fsp3) is 0. The average Bonchev–Trinajstić information content (AvgIpc) is 3.37. The molecular weight excluding hydrogens is 498 g/mol. The summed E-state index contributed by atoms with van der Waals surface area (Å²) in [5.41, 5.74) is 18.2. The van der Waals surface area contributed by atoms with Crippen molar-refractivity contribution >= 4 is 80.3 Å². The molecule has 6 aromatic rings. The minimum absolute atomic E-state index is 0.136. The molecule has 0 bridgehead atoms. The standard InChI is InChI=1S/C36H20B2N2O/c1-2-10-21(11-3-1)39-26-16-6-4-14-24(26)37-25-15-5-7-17-27(25)40-28-18-8-12-22-23-13-9-19-30-33(23)38(32(22)28)35-31(41-30)20-29(39)34(37)36(35)40/h1-20H. The van der Waals surface area contributed by atoms with E-state index in [9.17, 15) is 0 Å². The van der Waals surface area contributed by atoms with Crippen LogP contribution in [0.25, 0.3) is 11.1 Å². The van der Waals surface area contributed by atoms with Gasteiger partial charge in [0.05, 0.1) is 0 Å². The van der Waals surface area contributed by atoms with Crippen molar-refractivity contribution in [1.82, 2.24) is 0 Å². The van der Waals surface area contributed by atoms with Crippen molar-refractivity contribution < 1.29 is 4.74 Å². The summed E-state index contributed by atoms with van der Waals surface area (Å²) < 4.78 is 6.89. The van der Waals surface area contributed by atoms with E-state index in [0.717, 1.165) is 17.2 Å². The van der Waals surface area contributed by atoms with Gasteiger partial charge in [-0.2, -0.15) is 0 Å². The highest BCUT2D eigenvalue weighted by Crippen LogP contribution is 2.49. The van der Waals surface area contributed by atoms with Crippen molar-refractivity contribution in [3.63, 3.8) is 0 Å². The van der Waals surface area contributed by atoms with Crippen molar-refractivity contribution in [2.45, 2.75) is 0 Å². The molecule has 0 atom stereocenters. The summed E-state index contributed by atoms with van der Waals surface area (Å²) in [5, 5.41) is 0. The molecule has 0 amide bonds. The van der Waals surface area contributed by atoms with E-state index in [1.54, 1.807) is 0 Å². The molecule has 0 unspecified atom stereocenters. The molecule has 5 heteroatoms. The van der Waals surface area contributed by atoms with E-state index in [4.69, 9.17) is 4.74 Å². The third kappa shape index (κ3) is 2.27. The van der Waals surface area contributed by atoms with Crippen molar-refractivity contribution in [2.75, 3.05) is 9.80 Å². The Morgan fingerprint density at radius 1 is 0.439 bits per heavy atom. The van der Waals surface area contributed by atoms with E-state index in [0.29, 0.717) is 0 Å². The summed E-state index contributed by atoms with van der Waals surface area (Å²) in [6, 6.07) is 44.5. The van der Waals surface area contributed by atoms with Gasteiger partial charge in [-0.15, -0.1) is 0 Å². The molecule has 5 aliphatic heterocycles. The summed E-state index contributed by atoms with van der Waals surface area (Å²) in [4.78, 5) is 5.00. The summed E-state index contributed by atoms with van der Waals surface area (Å²) in [7, 11) is 0. The number of rotatable bonds is 1. The summed E-state index contributed by atoms with van der Waals surface area (Å²) in [5.74, 6) is 1.96. The first-order valence-electron chi connectivity index (χ1n) is 14.4. The van der Waals surface area contributed by atoms with Crippen LogP contribution < -0.4 is 47.3 Å². The monoisotopic (exact) mass is 518 g/mol. The molecule has 0 fully saturated rings. The van der Waals surface area contributed by atoms with Crippen LogP contribution in [-0.2, 0) is 0 Å². The molecule has 5 aliphatic rings. The second kappa shape index (κ2) is 6.94. The Bertz CT molecular complexity index is 2180. The topological polar surface area (TPSA) is 15.7 Å². The van der Waals surface area contributed by atoms with Crippen LogP contribution in [0.15, 0.2) is 121 Å². The number of benzene rings is 6. The lowest BCUT2D eigenvalue weighted by Gasteiger charge is -2.48. The molecule has 186 valence electrons. The zero-order valence-corrected chi connectivity index (χ0v) is 22.0. The fourth-order valence-electron chi connectivity index (χ4n) is 8.44. The van der Waals surface area contributed by atoms with Gasteiger partial charge in [0.1, 0.15) is 11.5 Å². The van der Waals surface area contributed by atoms with E-state index >= 15 is 0 Å². The zero-order valence-electron chi connectivity index (χ0n) is 22.0. The highest BCUT2D eigenvalue weighted by atomic mass is 16.5. The molecule has 0 spiro atoms. The maximum Gasteiger partial charge on any atom is 0.257 e. The number of hydrogen-bond acceptors (Lipinski definition) is 3. The van der Waals surface area contributed by atoms with E-state index in [2.05, 4.69) is 131 Å². The molecule has 0 aliphatic carbocycles. The van der Waals surface area contributed by atoms with Crippen LogP contribution in [0, 0.1) is 0 Å². The number of ether oxygens (including phenoxy) is 1. The summed E-state index contributed by atoms with van der Waals surface area (Å²) >= 11 is 0. The quantitative estimate of drug-likeness (QED) is 0.294. The third-order valence-electron chi connectivity index (χ3n) is 9.83. The number of para-hydroxylation sites is 3. The van der Waals surface area contributed by atoms with Crippen LogP contribution in [0.3, 0.4) is 0 Å². The molecule has 41 heavy (non-hydrogen) atoms. The Morgan fingerprint density at radius 2 is 1.10 bits per heavy atom. The number of nitrogens with zero attached hydrogens (tertiary/aromatic N) is 2. The van der Waals surface area contributed by atoms with Gasteiger partial charge in [0.15, 0.2) is 0 Å². The van der Waals surface area contributed by atoms with Gasteiger partial charge in [-0.3, -0.25) is 0 Å². The highest BCUT2D eigenvalue weighted by molar-refractivity contribution is 7.06. The Hall–Kier alpha value is -5.15. The number of hydrogen-bond donors (Lipinski definition) is 0. The maximum atomic E-state index is 6.89. The second-order valence-electron chi connectivity index (χ2n) is 11.6. The van der Waals surface area contributed by atoms with Crippen molar-refractivity contribution in [2.24, 2.45) is 0 Å². The zero-order chi connectivity index (χ0) is 26.4. The first-order valence-corrected chi connectivity index (χ1v) is 14.4. The smallest absolute Gasteiger partial charge is 0.257 e. The predicted molar refractivity (Wildman–Crippen MR) is 171 cm³/mol. The van der Waals surface area contributed by atoms with Crippen LogP contribution in [0.2, 0.25) is 0 Å². The first kappa shape index (κ1) is 20.7. The lowest BCUT2D eigenvalue weighted by Crippen LogP contribution is -2.67. The van der Waals surface area contributed by atoms with E-state index in [1.807, 2.05) is 0 Å². The van der Waals surface area contributed by atoms with Gasteiger partial charge in [0.2, 0.25) is 0 Å². The number of fused-ring (bicyclic) bond motifs is 7. The molecule has 0 aromatic heterocycles. The van der Waals surface area contributed by atoms with Gasteiger partial charge in [0, 0.05) is 40.2 Å². The molecule has 6 aromatic carbocycles. The molecule has 0 radical (unpaired) electrons. The normalized spacial score (nSPS) is 14.8. The second-order valence-corrected chi connectivity index (χ2v) is 11.6. The van der Waals surface area contributed by atoms with Crippen LogP contribution >= 0.6 is 0 Å². The van der Waals surface area contributed by atoms with Crippen molar-refractivity contribution in [3.05, 3.63) is 121 Å². The Kier molecular flexibility index (Phi) is 3.51. The van der Waals surface area contributed by atoms with Gasteiger partial charge in [-0.05, 0) is 80.3 Å². The molecule has 0 N–H and O–H groups in total. The lowest BCUT2D eigenvalue weighted by molar-refractivity contribution is 0.488. The molecule has 0 saturated heterocycles. The van der Waals surface area contributed by atoms with Crippen LogP contribution in [-0.4, -0.2) is 13.4 Å². The van der Waals surface area contributed by atoms with Gasteiger partial charge >= 0.3 is 0 Å². The van der Waals surface area contributed by atoms with E-state index in [-0.39, 0.29) is 13.4 Å². The van der Waals surface area contributed by atoms with Gasteiger partial charge in [-0.25, -0.2) is 0 Å². The number of anilines is 6. The Morgan fingerprint density at radius 3 is 1.90 bits per heavy atom. The molecular formula is C36H20B2N2O. The van der Waals surface area contributed by atoms with Crippen molar-refractivity contribution in [3.8, 4) is 22.6 Å². The third-order valence-corrected chi connectivity index (χ3v) is 9.83. The SMILES string of the molecule is c1ccc(N2c3ccccc3B3c4ccccc4N4c5cccc6c5B5c7c(cccc7-6)Oc6cc2c3c4c65)cc1. The minimum Gasteiger partial charge on any atom is -0.458 e. The average molecular weight is 518 g/mol. The van der Waals surface area contributed by atoms with Crippen LogP contribution in [0.5, 0.6) is 11.5 Å². The fourth-order valence-corrected chi connectivity index (χ4v) is 8.44. The Balaban J connectivity index is 1.35. The van der Waals surface area contributed by atoms with E-state index < -0.39 is 0 Å². The van der Waals surface area contributed by atoms with Gasteiger partial charge in [0.25, 0.3) is 13.4 Å². The van der Waals surface area contributed by atoms with E-state index in [1.165, 1.54) is 72.3 Å². The Labute approximate surface area is 238 Å². The maximum absolute atomic E-state index is 6.89. The minimum atomic E-state index is 0.136. The molecule has 3 nitrogen and oxygen atoms in total. The lowest BCUT2D eigenvalue weighted by atomic mass is 9.30. The largest absolute Gasteiger partial charge is 0.458 e. The summed E-state index contributed by atoms with van der Waals surface area (Å²) in [6.07, 6.45) is 0. The van der Waals surface area contributed by atoms with Crippen LogP contribution in [0.4, 0.5) is 34.1 Å². The highest BCUT2D eigenvalue weighted by Gasteiger charge is 2.53. The predicted octanol–water partition coefficient (Wildman–Crippen LogP) is 4.68. The summed E-state index contributed by atoms with van der Waals surface area (Å²) in [6.45, 7) is 0.317. The van der Waals surface area contributed by atoms with Gasteiger partial charge < -0.3 is 14.5 Å². The van der Waals surface area contributed by atoms with Gasteiger partial charge in [-0.1, -0.05) is 78.9 Å². The van der Waals surface area contributed by atoms with Crippen molar-refractivity contribution in [1.29, 1.82) is 0 Å². The molecule has 5 heterocycles. The molecule has 11 rings (SSSR count). The first-order chi connectivity index (χ1) is 20.4. The van der Waals surface area contributed by atoms with Crippen LogP contribution in [0.1, 0.15) is 0 Å². The molecule has 0 saturated carbocycles.